The molecule has 7 nitrogen and oxygen atoms in total. The van der Waals surface area contributed by atoms with E-state index in [9.17, 15) is 13.2 Å². The normalized spacial score (nSPS) is 16.3. The number of nitrogens with zero attached hydrogens (tertiary/aromatic N) is 2. The lowest BCUT2D eigenvalue weighted by Crippen LogP contribution is -2.40. The number of H-pyrrole nitrogens is 1. The van der Waals surface area contributed by atoms with Crippen LogP contribution >= 0.6 is 0 Å². The predicted octanol–water partition coefficient (Wildman–Crippen LogP) is 2.84. The van der Waals surface area contributed by atoms with Crippen molar-refractivity contribution >= 4 is 32.7 Å². The quantitative estimate of drug-likeness (QED) is 0.706. The molecule has 1 aliphatic rings. The van der Waals surface area contributed by atoms with Gasteiger partial charge in [-0.3, -0.25) is 4.79 Å². The van der Waals surface area contributed by atoms with Crippen molar-refractivity contribution < 1.29 is 13.2 Å². The number of carbonyl (C=O) groups excluding carboxylic acids is 1. The number of hydrogen-bond acceptors (Lipinski definition) is 4. The van der Waals surface area contributed by atoms with Crippen molar-refractivity contribution in [1.29, 1.82) is 0 Å². The third-order valence-electron chi connectivity index (χ3n) is 5.09. The maximum absolute atomic E-state index is 12.6. The molecular formula is C20H22N4O3S. The summed E-state index contributed by atoms with van der Waals surface area (Å²) in [5.74, 6) is 0.488. The molecule has 4 rings (SSSR count). The van der Waals surface area contributed by atoms with Crippen LogP contribution in [0.3, 0.4) is 0 Å². The second kappa shape index (κ2) is 7.37. The van der Waals surface area contributed by atoms with Gasteiger partial charge in [0, 0.05) is 30.3 Å². The van der Waals surface area contributed by atoms with Crippen molar-refractivity contribution in [1.82, 2.24) is 14.3 Å². The summed E-state index contributed by atoms with van der Waals surface area (Å²) >= 11 is 0. The number of sulfonamides is 1. The van der Waals surface area contributed by atoms with Gasteiger partial charge in [0.2, 0.25) is 15.9 Å². The van der Waals surface area contributed by atoms with Gasteiger partial charge >= 0.3 is 0 Å². The fourth-order valence-electron chi connectivity index (χ4n) is 3.53. The van der Waals surface area contributed by atoms with E-state index < -0.39 is 10.0 Å². The first-order chi connectivity index (χ1) is 13.4. The Morgan fingerprint density at radius 3 is 2.61 bits per heavy atom. The summed E-state index contributed by atoms with van der Waals surface area (Å²) in [4.78, 5) is 20.5. The first-order valence-corrected chi connectivity index (χ1v) is 11.1. The Morgan fingerprint density at radius 1 is 1.14 bits per heavy atom. The van der Waals surface area contributed by atoms with Crippen molar-refractivity contribution in [3.63, 3.8) is 0 Å². The van der Waals surface area contributed by atoms with Gasteiger partial charge in [-0.1, -0.05) is 24.3 Å². The number of carbonyl (C=O) groups is 1. The fourth-order valence-corrected chi connectivity index (χ4v) is 4.40. The molecule has 0 unspecified atom stereocenters. The Bertz CT molecular complexity index is 1080. The zero-order valence-corrected chi connectivity index (χ0v) is 16.4. The van der Waals surface area contributed by atoms with Crippen LogP contribution in [0.5, 0.6) is 0 Å². The third-order valence-corrected chi connectivity index (χ3v) is 6.39. The number of amides is 1. The first kappa shape index (κ1) is 18.6. The lowest BCUT2D eigenvalue weighted by Gasteiger charge is -2.29. The third kappa shape index (κ3) is 3.93. The van der Waals surface area contributed by atoms with Gasteiger partial charge in [-0.15, -0.1) is 0 Å². The summed E-state index contributed by atoms with van der Waals surface area (Å²) in [6.07, 6.45) is 2.27. The number of fused-ring (bicyclic) bond motifs is 1. The van der Waals surface area contributed by atoms with E-state index in [1.165, 1.54) is 10.6 Å². The SMILES string of the molecule is CS(=O)(=O)N1CCC(C(=O)Nc2cccc(-c3nc4ccccc4[nH]3)c2)CC1. The second-order valence-electron chi connectivity index (χ2n) is 7.11. The second-order valence-corrected chi connectivity index (χ2v) is 9.09. The molecule has 0 aliphatic carbocycles. The molecule has 2 N–H and O–H groups in total. The highest BCUT2D eigenvalue weighted by Gasteiger charge is 2.28. The van der Waals surface area contributed by atoms with Gasteiger partial charge in [0.25, 0.3) is 0 Å². The zero-order valence-electron chi connectivity index (χ0n) is 15.6. The fraction of sp³-hybridized carbons (Fsp3) is 0.300. The summed E-state index contributed by atoms with van der Waals surface area (Å²) < 4.78 is 24.6. The molecule has 0 saturated carbocycles. The van der Waals surface area contributed by atoms with E-state index in [0.29, 0.717) is 31.6 Å². The minimum atomic E-state index is -3.19. The Balaban J connectivity index is 1.46. The highest BCUT2D eigenvalue weighted by molar-refractivity contribution is 7.88. The maximum atomic E-state index is 12.6. The molecule has 1 saturated heterocycles. The average Bonchev–Trinajstić information content (AvgIpc) is 3.12. The van der Waals surface area contributed by atoms with Crippen molar-refractivity contribution in [2.75, 3.05) is 24.7 Å². The average molecular weight is 398 g/mol. The van der Waals surface area contributed by atoms with E-state index >= 15 is 0 Å². The first-order valence-electron chi connectivity index (χ1n) is 9.21. The van der Waals surface area contributed by atoms with Gasteiger partial charge in [-0.25, -0.2) is 17.7 Å². The van der Waals surface area contributed by atoms with Crippen LogP contribution in [0.4, 0.5) is 5.69 Å². The monoisotopic (exact) mass is 398 g/mol. The molecule has 2 heterocycles. The summed E-state index contributed by atoms with van der Waals surface area (Å²) in [5.41, 5.74) is 3.45. The van der Waals surface area contributed by atoms with Crippen molar-refractivity contribution in [3.05, 3.63) is 48.5 Å². The van der Waals surface area contributed by atoms with Crippen LogP contribution in [0.15, 0.2) is 48.5 Å². The van der Waals surface area contributed by atoms with Gasteiger partial charge in [-0.05, 0) is 37.1 Å². The minimum Gasteiger partial charge on any atom is -0.338 e. The number of rotatable bonds is 4. The van der Waals surface area contributed by atoms with Gasteiger partial charge in [-0.2, -0.15) is 0 Å². The number of piperidine rings is 1. The number of hydrogen-bond donors (Lipinski definition) is 2. The molecule has 0 bridgehead atoms. The molecule has 1 fully saturated rings. The smallest absolute Gasteiger partial charge is 0.227 e. The maximum Gasteiger partial charge on any atom is 0.227 e. The standard InChI is InChI=1S/C20H22N4O3S/c1-28(26,27)24-11-9-14(10-12-24)20(25)21-16-6-4-5-15(13-16)19-22-17-7-2-3-8-18(17)23-19/h2-8,13-14H,9-12H2,1H3,(H,21,25)(H,22,23). The number of anilines is 1. The van der Waals surface area contributed by atoms with Crippen LogP contribution in [0, 0.1) is 5.92 Å². The molecule has 146 valence electrons. The molecule has 1 amide bonds. The van der Waals surface area contributed by atoms with Gasteiger partial charge in [0.05, 0.1) is 17.3 Å². The largest absolute Gasteiger partial charge is 0.338 e. The number of nitrogens with one attached hydrogen (secondary N) is 2. The van der Waals surface area contributed by atoms with Crippen LogP contribution in [-0.2, 0) is 14.8 Å². The van der Waals surface area contributed by atoms with Crippen LogP contribution in [0.25, 0.3) is 22.4 Å². The van der Waals surface area contributed by atoms with Crippen LogP contribution in [0.2, 0.25) is 0 Å². The van der Waals surface area contributed by atoms with Crippen LogP contribution < -0.4 is 5.32 Å². The molecule has 1 aliphatic heterocycles. The van der Waals surface area contributed by atoms with Crippen molar-refractivity contribution in [2.24, 2.45) is 5.92 Å². The lowest BCUT2D eigenvalue weighted by molar-refractivity contribution is -0.120. The van der Waals surface area contributed by atoms with Crippen LogP contribution in [0.1, 0.15) is 12.8 Å². The molecule has 8 heteroatoms. The molecular weight excluding hydrogens is 376 g/mol. The Kier molecular flexibility index (Phi) is 4.91. The molecule has 2 aromatic carbocycles. The molecule has 28 heavy (non-hydrogen) atoms. The molecule has 0 atom stereocenters. The van der Waals surface area contributed by atoms with Crippen molar-refractivity contribution in [3.8, 4) is 11.4 Å². The number of para-hydroxylation sites is 2. The van der Waals surface area contributed by atoms with Gasteiger partial charge < -0.3 is 10.3 Å². The van der Waals surface area contributed by atoms with Crippen molar-refractivity contribution in [2.45, 2.75) is 12.8 Å². The number of benzene rings is 2. The Labute approximate surface area is 163 Å². The lowest BCUT2D eigenvalue weighted by atomic mass is 9.97. The molecule has 3 aromatic rings. The van der Waals surface area contributed by atoms with E-state index in [0.717, 1.165) is 22.4 Å². The summed E-state index contributed by atoms with van der Waals surface area (Å²) in [6.45, 7) is 0.770. The molecule has 0 radical (unpaired) electrons. The van der Waals surface area contributed by atoms with E-state index in [1.807, 2.05) is 48.5 Å². The van der Waals surface area contributed by atoms with Crippen LogP contribution in [-0.4, -0.2) is 47.9 Å². The number of aromatic amines is 1. The molecule has 0 spiro atoms. The van der Waals surface area contributed by atoms with Gasteiger partial charge in [0.1, 0.15) is 5.82 Å². The minimum absolute atomic E-state index is 0.0742. The number of aromatic nitrogens is 2. The Morgan fingerprint density at radius 2 is 1.89 bits per heavy atom. The summed E-state index contributed by atoms with van der Waals surface area (Å²) in [6, 6.07) is 15.4. The van der Waals surface area contributed by atoms with E-state index in [-0.39, 0.29) is 11.8 Å². The van der Waals surface area contributed by atoms with E-state index in [2.05, 4.69) is 15.3 Å². The van der Waals surface area contributed by atoms with E-state index in [4.69, 9.17) is 0 Å². The topological polar surface area (TPSA) is 95.2 Å². The van der Waals surface area contributed by atoms with E-state index in [1.54, 1.807) is 0 Å². The predicted molar refractivity (Wildman–Crippen MR) is 109 cm³/mol. The highest BCUT2D eigenvalue weighted by atomic mass is 32.2. The Hall–Kier alpha value is -2.71. The molecule has 1 aromatic heterocycles. The summed E-state index contributed by atoms with van der Waals surface area (Å²) in [7, 11) is -3.19. The van der Waals surface area contributed by atoms with Gasteiger partial charge in [0.15, 0.2) is 0 Å². The summed E-state index contributed by atoms with van der Waals surface area (Å²) in [5, 5.41) is 2.96. The zero-order chi connectivity index (χ0) is 19.7. The highest BCUT2D eigenvalue weighted by Crippen LogP contribution is 2.25. The number of imidazole rings is 1.